The van der Waals surface area contributed by atoms with Gasteiger partial charge in [0.05, 0.1) is 17.8 Å². The van der Waals surface area contributed by atoms with Crippen LogP contribution in [0.25, 0.3) is 0 Å². The lowest BCUT2D eigenvalue weighted by Gasteiger charge is -2.10. The Morgan fingerprint density at radius 2 is 2.07 bits per heavy atom. The predicted molar refractivity (Wildman–Crippen MR) is 57.0 cm³/mol. The number of benzene rings is 1. The first kappa shape index (κ1) is 10.9. The third-order valence-corrected chi connectivity index (χ3v) is 2.14. The summed E-state index contributed by atoms with van der Waals surface area (Å²) >= 11 is 5.97. The van der Waals surface area contributed by atoms with Crippen LogP contribution in [0.1, 0.15) is 11.1 Å². The predicted octanol–water partition coefficient (Wildman–Crippen LogP) is 3.14. The summed E-state index contributed by atoms with van der Waals surface area (Å²) in [5, 5.41) is 3.08. The second-order valence-corrected chi connectivity index (χ2v) is 3.46. The van der Waals surface area contributed by atoms with Crippen LogP contribution in [-0.4, -0.2) is 13.2 Å². The number of nitrogens with one attached hydrogen (secondary N) is 1. The minimum atomic E-state index is -0.515. The molecule has 14 heavy (non-hydrogen) atoms. The summed E-state index contributed by atoms with van der Waals surface area (Å²) in [4.78, 5) is 11.0. The van der Waals surface area contributed by atoms with Crippen molar-refractivity contribution in [1.29, 1.82) is 0 Å². The molecule has 0 fully saturated rings. The van der Waals surface area contributed by atoms with Crippen LogP contribution >= 0.6 is 11.6 Å². The highest BCUT2D eigenvalue weighted by Gasteiger charge is 2.08. The van der Waals surface area contributed by atoms with E-state index in [4.69, 9.17) is 11.6 Å². The number of hydrogen-bond acceptors (Lipinski definition) is 2. The molecule has 0 radical (unpaired) electrons. The first-order chi connectivity index (χ1) is 6.54. The zero-order valence-corrected chi connectivity index (χ0v) is 9.11. The Labute approximate surface area is 88.0 Å². The van der Waals surface area contributed by atoms with Crippen molar-refractivity contribution in [2.24, 2.45) is 0 Å². The molecule has 0 spiro atoms. The van der Waals surface area contributed by atoms with Crippen molar-refractivity contribution >= 4 is 23.4 Å². The summed E-state index contributed by atoms with van der Waals surface area (Å²) in [6, 6.07) is 3.73. The number of carbonyl (C=O) groups excluding carboxylic acids is 1. The molecule has 0 saturated carbocycles. The Balaban J connectivity index is 3.02. The van der Waals surface area contributed by atoms with E-state index in [1.807, 2.05) is 19.9 Å². The van der Waals surface area contributed by atoms with E-state index in [0.29, 0.717) is 10.7 Å². The monoisotopic (exact) mass is 213 g/mol. The third-order valence-electron chi connectivity index (χ3n) is 1.84. The molecule has 1 N–H and O–H groups in total. The summed E-state index contributed by atoms with van der Waals surface area (Å²) < 4.78 is 4.49. The number of rotatable bonds is 1. The second kappa shape index (κ2) is 4.33. The van der Waals surface area contributed by atoms with Crippen molar-refractivity contribution in [3.8, 4) is 0 Å². The molecule has 1 aromatic carbocycles. The number of carbonyl (C=O) groups is 1. The third kappa shape index (κ3) is 2.39. The van der Waals surface area contributed by atoms with Gasteiger partial charge >= 0.3 is 6.09 Å². The van der Waals surface area contributed by atoms with Gasteiger partial charge in [-0.05, 0) is 31.0 Å². The van der Waals surface area contributed by atoms with Gasteiger partial charge in [-0.3, -0.25) is 5.32 Å². The molecule has 0 bridgehead atoms. The fraction of sp³-hybridized carbons (Fsp3) is 0.300. The zero-order valence-electron chi connectivity index (χ0n) is 8.35. The Bertz CT molecular complexity index is 340. The number of methoxy groups -OCH3 is 1. The van der Waals surface area contributed by atoms with Crippen LogP contribution in [-0.2, 0) is 4.74 Å². The highest BCUT2D eigenvalue weighted by molar-refractivity contribution is 6.33. The lowest BCUT2D eigenvalue weighted by Crippen LogP contribution is -2.12. The normalized spacial score (nSPS) is 9.71. The fourth-order valence-electron chi connectivity index (χ4n) is 1.23. The van der Waals surface area contributed by atoms with Gasteiger partial charge in [-0.1, -0.05) is 17.7 Å². The molecule has 0 unspecified atom stereocenters. The molecule has 0 heterocycles. The quantitative estimate of drug-likeness (QED) is 0.779. The molecule has 1 rings (SSSR count). The molecule has 76 valence electrons. The number of aryl methyl sites for hydroxylation is 2. The van der Waals surface area contributed by atoms with E-state index in [9.17, 15) is 4.79 Å². The summed E-state index contributed by atoms with van der Waals surface area (Å²) in [6.07, 6.45) is -0.515. The van der Waals surface area contributed by atoms with Gasteiger partial charge in [-0.25, -0.2) is 4.79 Å². The molecule has 3 nitrogen and oxygen atoms in total. The van der Waals surface area contributed by atoms with Gasteiger partial charge in [-0.2, -0.15) is 0 Å². The summed E-state index contributed by atoms with van der Waals surface area (Å²) in [7, 11) is 1.31. The van der Waals surface area contributed by atoms with E-state index in [0.717, 1.165) is 11.1 Å². The molecule has 0 aromatic heterocycles. The van der Waals surface area contributed by atoms with Gasteiger partial charge in [0, 0.05) is 0 Å². The summed E-state index contributed by atoms with van der Waals surface area (Å²) in [5.41, 5.74) is 2.58. The molecule has 1 aromatic rings. The van der Waals surface area contributed by atoms with Crippen molar-refractivity contribution in [3.05, 3.63) is 28.3 Å². The van der Waals surface area contributed by atoms with Crippen molar-refractivity contribution in [2.45, 2.75) is 13.8 Å². The summed E-state index contributed by atoms with van der Waals surface area (Å²) in [6.45, 7) is 3.82. The van der Waals surface area contributed by atoms with Crippen LogP contribution in [0.15, 0.2) is 12.1 Å². The molecule has 1 amide bonds. The van der Waals surface area contributed by atoms with E-state index in [1.54, 1.807) is 6.07 Å². The fourth-order valence-corrected chi connectivity index (χ4v) is 1.60. The molecular weight excluding hydrogens is 202 g/mol. The van der Waals surface area contributed by atoms with E-state index in [2.05, 4.69) is 10.1 Å². The van der Waals surface area contributed by atoms with Crippen LogP contribution in [0, 0.1) is 13.8 Å². The summed E-state index contributed by atoms with van der Waals surface area (Å²) in [5.74, 6) is 0. The lowest BCUT2D eigenvalue weighted by molar-refractivity contribution is 0.187. The molecule has 0 aliphatic carbocycles. The molecule has 0 aliphatic rings. The number of hydrogen-bond donors (Lipinski definition) is 1. The smallest absolute Gasteiger partial charge is 0.411 e. The second-order valence-electron chi connectivity index (χ2n) is 3.06. The highest BCUT2D eigenvalue weighted by Crippen LogP contribution is 2.27. The van der Waals surface area contributed by atoms with Crippen molar-refractivity contribution in [3.63, 3.8) is 0 Å². The van der Waals surface area contributed by atoms with E-state index in [-0.39, 0.29) is 0 Å². The Kier molecular flexibility index (Phi) is 3.36. The SMILES string of the molecule is COC(=O)Nc1c(C)cc(C)cc1Cl. The van der Waals surface area contributed by atoms with Gasteiger partial charge in [0.1, 0.15) is 0 Å². The average molecular weight is 214 g/mol. The topological polar surface area (TPSA) is 38.3 Å². The lowest BCUT2D eigenvalue weighted by atomic mass is 10.1. The minimum absolute atomic E-state index is 0.515. The van der Waals surface area contributed by atoms with Gasteiger partial charge in [-0.15, -0.1) is 0 Å². The van der Waals surface area contributed by atoms with Gasteiger partial charge in [0.15, 0.2) is 0 Å². The first-order valence-corrected chi connectivity index (χ1v) is 4.54. The largest absolute Gasteiger partial charge is 0.453 e. The van der Waals surface area contributed by atoms with E-state index >= 15 is 0 Å². The Morgan fingerprint density at radius 1 is 1.43 bits per heavy atom. The molecule has 0 aliphatic heterocycles. The van der Waals surface area contributed by atoms with Crippen LogP contribution < -0.4 is 5.32 Å². The number of amides is 1. The number of anilines is 1. The van der Waals surface area contributed by atoms with Crippen LogP contribution in [0.2, 0.25) is 5.02 Å². The minimum Gasteiger partial charge on any atom is -0.453 e. The maximum atomic E-state index is 11.0. The van der Waals surface area contributed by atoms with Crippen molar-refractivity contribution < 1.29 is 9.53 Å². The molecular formula is C10H12ClNO2. The molecule has 4 heteroatoms. The highest BCUT2D eigenvalue weighted by atomic mass is 35.5. The molecule has 0 atom stereocenters. The Hall–Kier alpha value is -1.22. The Morgan fingerprint density at radius 3 is 2.57 bits per heavy atom. The van der Waals surface area contributed by atoms with Crippen LogP contribution in [0.4, 0.5) is 10.5 Å². The van der Waals surface area contributed by atoms with Crippen molar-refractivity contribution in [2.75, 3.05) is 12.4 Å². The van der Waals surface area contributed by atoms with Crippen LogP contribution in [0.5, 0.6) is 0 Å². The maximum Gasteiger partial charge on any atom is 0.411 e. The average Bonchev–Trinajstić information content (AvgIpc) is 2.10. The standard InChI is InChI=1S/C10H12ClNO2/c1-6-4-7(2)9(8(11)5-6)12-10(13)14-3/h4-5H,1-3H3,(H,12,13). The van der Waals surface area contributed by atoms with E-state index in [1.165, 1.54) is 7.11 Å². The van der Waals surface area contributed by atoms with Gasteiger partial charge in [0.2, 0.25) is 0 Å². The molecule has 0 saturated heterocycles. The first-order valence-electron chi connectivity index (χ1n) is 4.16. The van der Waals surface area contributed by atoms with Crippen LogP contribution in [0.3, 0.4) is 0 Å². The van der Waals surface area contributed by atoms with E-state index < -0.39 is 6.09 Å². The zero-order chi connectivity index (χ0) is 10.7. The van der Waals surface area contributed by atoms with Gasteiger partial charge < -0.3 is 4.74 Å². The number of halogens is 1. The van der Waals surface area contributed by atoms with Gasteiger partial charge in [0.25, 0.3) is 0 Å². The maximum absolute atomic E-state index is 11.0. The number of ether oxygens (including phenoxy) is 1. The van der Waals surface area contributed by atoms with Crippen molar-refractivity contribution in [1.82, 2.24) is 0 Å².